The highest BCUT2D eigenvalue weighted by molar-refractivity contribution is 6.05. The Bertz CT molecular complexity index is 963. The predicted molar refractivity (Wildman–Crippen MR) is 86.8 cm³/mol. The van der Waals surface area contributed by atoms with Gasteiger partial charge in [0.25, 0.3) is 5.91 Å². The summed E-state index contributed by atoms with van der Waals surface area (Å²) in [5.74, 6) is -2.39. The molecule has 1 aliphatic carbocycles. The van der Waals surface area contributed by atoms with Gasteiger partial charge in [-0.15, -0.1) is 0 Å². The predicted octanol–water partition coefficient (Wildman–Crippen LogP) is 3.55. The number of nitrogen functional groups attached to an aromatic ring is 1. The lowest BCUT2D eigenvalue weighted by Crippen LogP contribution is -2.17. The zero-order valence-corrected chi connectivity index (χ0v) is 12.6. The van der Waals surface area contributed by atoms with Gasteiger partial charge in [0.05, 0.1) is 17.6 Å². The largest absolute Gasteiger partial charge is 0.396 e. The van der Waals surface area contributed by atoms with Crippen LogP contribution in [-0.4, -0.2) is 15.9 Å². The van der Waals surface area contributed by atoms with Crippen LogP contribution in [0.3, 0.4) is 0 Å². The third-order valence-electron chi connectivity index (χ3n) is 4.11. The fourth-order valence-corrected chi connectivity index (χ4v) is 2.69. The average molecular weight is 328 g/mol. The number of aromatic amines is 1. The van der Waals surface area contributed by atoms with Crippen molar-refractivity contribution in [3.05, 3.63) is 53.4 Å². The van der Waals surface area contributed by atoms with Gasteiger partial charge in [-0.25, -0.2) is 13.8 Å². The van der Waals surface area contributed by atoms with E-state index in [1.54, 1.807) is 6.07 Å². The van der Waals surface area contributed by atoms with Crippen LogP contribution in [0, 0.1) is 11.6 Å². The molecule has 4 rings (SSSR count). The number of aromatic nitrogens is 2. The van der Waals surface area contributed by atoms with Crippen molar-refractivity contribution in [2.24, 2.45) is 0 Å². The minimum atomic E-state index is -1.07. The van der Waals surface area contributed by atoms with Crippen LogP contribution < -0.4 is 11.1 Å². The van der Waals surface area contributed by atoms with Crippen molar-refractivity contribution >= 4 is 28.3 Å². The molecule has 0 aliphatic heterocycles. The summed E-state index contributed by atoms with van der Waals surface area (Å²) in [6, 6.07) is 5.74. The summed E-state index contributed by atoms with van der Waals surface area (Å²) in [5.41, 5.74) is 6.60. The van der Waals surface area contributed by atoms with Crippen molar-refractivity contribution in [3.63, 3.8) is 0 Å². The molecule has 1 saturated carbocycles. The molecular formula is C17H14F2N4O. The Morgan fingerprint density at radius 3 is 2.83 bits per heavy atom. The van der Waals surface area contributed by atoms with Crippen LogP contribution in [0.1, 0.15) is 34.8 Å². The van der Waals surface area contributed by atoms with E-state index in [0.717, 1.165) is 41.7 Å². The Kier molecular flexibility index (Phi) is 3.23. The van der Waals surface area contributed by atoms with Gasteiger partial charge in [-0.05, 0) is 43.0 Å². The highest BCUT2D eigenvalue weighted by Crippen LogP contribution is 2.40. The van der Waals surface area contributed by atoms with E-state index >= 15 is 0 Å². The average Bonchev–Trinajstić information content (AvgIpc) is 3.31. The number of nitrogens with two attached hydrogens (primary N) is 1. The maximum atomic E-state index is 13.9. The lowest BCUT2D eigenvalue weighted by atomic mass is 10.1. The van der Waals surface area contributed by atoms with E-state index in [2.05, 4.69) is 15.3 Å². The molecule has 0 radical (unpaired) electrons. The maximum Gasteiger partial charge on any atom is 0.261 e. The number of carbonyl (C=O) groups excluding carboxylic acids is 1. The lowest BCUT2D eigenvalue weighted by molar-refractivity contribution is 0.101. The number of hydrogen-bond donors (Lipinski definition) is 3. The number of pyridine rings is 1. The molecule has 1 amide bonds. The number of hydrogen-bond acceptors (Lipinski definition) is 3. The van der Waals surface area contributed by atoms with Gasteiger partial charge in [0, 0.05) is 11.1 Å². The summed E-state index contributed by atoms with van der Waals surface area (Å²) in [7, 11) is 0. The van der Waals surface area contributed by atoms with E-state index in [1.165, 1.54) is 6.20 Å². The number of amides is 1. The van der Waals surface area contributed by atoms with Gasteiger partial charge in [-0.2, -0.15) is 0 Å². The first kappa shape index (κ1) is 14.6. The van der Waals surface area contributed by atoms with E-state index in [-0.39, 0.29) is 5.69 Å². The molecule has 1 aliphatic rings. The molecule has 0 atom stereocenters. The van der Waals surface area contributed by atoms with Crippen molar-refractivity contribution < 1.29 is 13.6 Å². The van der Waals surface area contributed by atoms with Crippen LogP contribution in [0.4, 0.5) is 20.2 Å². The molecule has 5 nitrogen and oxygen atoms in total. The number of benzene rings is 1. The Morgan fingerprint density at radius 1 is 1.29 bits per heavy atom. The third kappa shape index (κ3) is 2.47. The van der Waals surface area contributed by atoms with Crippen molar-refractivity contribution in [2.75, 3.05) is 11.1 Å². The molecule has 0 saturated heterocycles. The fraction of sp³-hybridized carbons (Fsp3) is 0.176. The smallest absolute Gasteiger partial charge is 0.261 e. The van der Waals surface area contributed by atoms with Gasteiger partial charge in [0.15, 0.2) is 5.82 Å². The molecule has 0 bridgehead atoms. The Morgan fingerprint density at radius 2 is 2.08 bits per heavy atom. The zero-order chi connectivity index (χ0) is 16.8. The number of rotatable bonds is 3. The standard InChI is InChI=1S/C17H14F2N4O/c18-11-3-4-12(20)15(19)14(11)17(24)22-10-5-9-6-13(8-1-2-8)23-16(9)21-7-10/h3-8H,1-2,20H2,(H,21,23)(H,22,24). The Balaban J connectivity index is 1.64. The topological polar surface area (TPSA) is 83.8 Å². The first-order valence-electron chi connectivity index (χ1n) is 7.56. The minimum absolute atomic E-state index is 0.283. The maximum absolute atomic E-state index is 13.9. The second-order valence-electron chi connectivity index (χ2n) is 5.94. The van der Waals surface area contributed by atoms with E-state index in [4.69, 9.17) is 5.73 Å². The number of H-pyrrole nitrogens is 1. The first-order valence-corrected chi connectivity index (χ1v) is 7.56. The summed E-state index contributed by atoms with van der Waals surface area (Å²) < 4.78 is 27.7. The molecular weight excluding hydrogens is 314 g/mol. The zero-order valence-electron chi connectivity index (χ0n) is 12.6. The molecule has 7 heteroatoms. The molecule has 4 N–H and O–H groups in total. The van der Waals surface area contributed by atoms with Crippen LogP contribution >= 0.6 is 0 Å². The number of halogens is 2. The molecule has 122 valence electrons. The summed E-state index contributed by atoms with van der Waals surface area (Å²) in [6.45, 7) is 0. The van der Waals surface area contributed by atoms with Gasteiger partial charge >= 0.3 is 0 Å². The van der Waals surface area contributed by atoms with E-state index in [1.807, 2.05) is 6.07 Å². The van der Waals surface area contributed by atoms with Crippen LogP contribution in [0.5, 0.6) is 0 Å². The van der Waals surface area contributed by atoms with Crippen molar-refractivity contribution in [3.8, 4) is 0 Å². The monoisotopic (exact) mass is 328 g/mol. The molecule has 2 heterocycles. The molecule has 24 heavy (non-hydrogen) atoms. The quantitative estimate of drug-likeness (QED) is 0.643. The summed E-state index contributed by atoms with van der Waals surface area (Å²) in [6.07, 6.45) is 3.75. The second kappa shape index (κ2) is 5.30. The third-order valence-corrected chi connectivity index (χ3v) is 4.11. The van der Waals surface area contributed by atoms with Crippen LogP contribution in [-0.2, 0) is 0 Å². The van der Waals surface area contributed by atoms with Gasteiger partial charge in [0.2, 0.25) is 0 Å². The van der Waals surface area contributed by atoms with Gasteiger partial charge in [-0.1, -0.05) is 0 Å². The van der Waals surface area contributed by atoms with Crippen molar-refractivity contribution in [1.29, 1.82) is 0 Å². The number of carbonyl (C=O) groups is 1. The SMILES string of the molecule is Nc1ccc(F)c(C(=O)Nc2cnc3[nH]c(C4CC4)cc3c2)c1F. The number of nitrogens with one attached hydrogen (secondary N) is 2. The number of fused-ring (bicyclic) bond motifs is 1. The van der Waals surface area contributed by atoms with E-state index in [9.17, 15) is 13.6 Å². The molecule has 3 aromatic rings. The highest BCUT2D eigenvalue weighted by atomic mass is 19.1. The number of nitrogens with zero attached hydrogens (tertiary/aromatic N) is 1. The van der Waals surface area contributed by atoms with Gasteiger partial charge < -0.3 is 16.0 Å². The van der Waals surface area contributed by atoms with E-state index < -0.39 is 23.1 Å². The molecule has 0 unspecified atom stereocenters. The minimum Gasteiger partial charge on any atom is -0.396 e. The highest BCUT2D eigenvalue weighted by Gasteiger charge is 2.25. The summed E-state index contributed by atoms with van der Waals surface area (Å²) in [5, 5.41) is 3.30. The fourth-order valence-electron chi connectivity index (χ4n) is 2.69. The molecule has 1 aromatic carbocycles. The van der Waals surface area contributed by atoms with Crippen LogP contribution in [0.2, 0.25) is 0 Å². The van der Waals surface area contributed by atoms with Gasteiger partial charge in [0.1, 0.15) is 17.0 Å². The Labute approximate surface area is 135 Å². The van der Waals surface area contributed by atoms with Gasteiger partial charge in [-0.3, -0.25) is 4.79 Å². The summed E-state index contributed by atoms with van der Waals surface area (Å²) >= 11 is 0. The summed E-state index contributed by atoms with van der Waals surface area (Å²) in [4.78, 5) is 19.7. The van der Waals surface area contributed by atoms with Crippen molar-refractivity contribution in [1.82, 2.24) is 9.97 Å². The van der Waals surface area contributed by atoms with Crippen molar-refractivity contribution in [2.45, 2.75) is 18.8 Å². The lowest BCUT2D eigenvalue weighted by Gasteiger charge is -2.08. The number of anilines is 2. The molecule has 2 aromatic heterocycles. The first-order chi connectivity index (χ1) is 11.5. The van der Waals surface area contributed by atoms with Crippen LogP contribution in [0.15, 0.2) is 30.5 Å². The molecule has 0 spiro atoms. The van der Waals surface area contributed by atoms with Crippen LogP contribution in [0.25, 0.3) is 11.0 Å². The van der Waals surface area contributed by atoms with E-state index in [0.29, 0.717) is 11.6 Å². The molecule has 1 fully saturated rings. The normalized spacial score (nSPS) is 14.1. The Hall–Kier alpha value is -2.96. The second-order valence-corrected chi connectivity index (χ2v) is 5.94.